The summed E-state index contributed by atoms with van der Waals surface area (Å²) in [5, 5.41) is 15.2. The number of carbonyl (C=O) groups excluding carboxylic acids is 2. The van der Waals surface area contributed by atoms with Crippen molar-refractivity contribution in [2.45, 2.75) is 26.2 Å². The normalized spacial score (nSPS) is 13.5. The van der Waals surface area contributed by atoms with Gasteiger partial charge in [-0.25, -0.2) is 9.78 Å². The molecule has 208 valence electrons. The van der Waals surface area contributed by atoms with Gasteiger partial charge < -0.3 is 14.8 Å². The number of fused-ring (bicyclic) bond motifs is 2. The number of nitro benzene ring substituents is 1. The van der Waals surface area contributed by atoms with Gasteiger partial charge in [0.05, 0.1) is 34.4 Å². The molecule has 1 N–H and O–H groups in total. The fraction of sp³-hybridized carbons (Fsp3) is 0.194. The Balaban J connectivity index is 1.42. The summed E-state index contributed by atoms with van der Waals surface area (Å²) in [6.07, 6.45) is 4.17. The number of anilines is 1. The first kappa shape index (κ1) is 27.8. The second kappa shape index (κ2) is 12.2. The third kappa shape index (κ3) is 6.05. The molecule has 0 fully saturated rings. The van der Waals surface area contributed by atoms with Crippen LogP contribution in [-0.2, 0) is 16.0 Å². The number of hydrogen-bond acceptors (Lipinski definition) is 7. The minimum Gasteiger partial charge on any atom is -0.494 e. The van der Waals surface area contributed by atoms with Crippen molar-refractivity contribution in [3.8, 4) is 5.75 Å². The number of para-hydroxylation sites is 1. The SMILES string of the molecule is CCOc1ccc(NC(=O)COC(=O)c2c3c(nc4ccccc24)/C(=C\c2ccccc2Cl)CCC3)c([N+](=O)[O-])c1. The van der Waals surface area contributed by atoms with Crippen molar-refractivity contribution in [1.82, 2.24) is 4.98 Å². The van der Waals surface area contributed by atoms with Gasteiger partial charge >= 0.3 is 5.97 Å². The number of ether oxygens (including phenoxy) is 2. The largest absolute Gasteiger partial charge is 0.494 e. The molecule has 1 heterocycles. The highest BCUT2D eigenvalue weighted by molar-refractivity contribution is 6.32. The fourth-order valence-corrected chi connectivity index (χ4v) is 5.09. The summed E-state index contributed by atoms with van der Waals surface area (Å²) in [5.41, 5.74) is 3.89. The summed E-state index contributed by atoms with van der Waals surface area (Å²) in [6.45, 7) is 1.47. The van der Waals surface area contributed by atoms with Gasteiger partial charge in [-0.1, -0.05) is 48.0 Å². The molecule has 1 aromatic heterocycles. The zero-order valence-corrected chi connectivity index (χ0v) is 22.9. The molecule has 0 atom stereocenters. The highest BCUT2D eigenvalue weighted by Gasteiger charge is 2.27. The lowest BCUT2D eigenvalue weighted by molar-refractivity contribution is -0.384. The molecular weight excluding hydrogens is 546 g/mol. The molecule has 0 bridgehead atoms. The van der Waals surface area contributed by atoms with Crippen LogP contribution in [0.1, 0.15) is 46.9 Å². The Labute approximate surface area is 240 Å². The van der Waals surface area contributed by atoms with Crippen molar-refractivity contribution < 1.29 is 24.0 Å². The fourth-order valence-electron chi connectivity index (χ4n) is 4.90. The van der Waals surface area contributed by atoms with Crippen molar-refractivity contribution in [1.29, 1.82) is 0 Å². The van der Waals surface area contributed by atoms with E-state index in [2.05, 4.69) is 5.32 Å². The van der Waals surface area contributed by atoms with E-state index in [0.29, 0.717) is 46.0 Å². The first-order valence-electron chi connectivity index (χ1n) is 13.1. The van der Waals surface area contributed by atoms with E-state index in [-0.39, 0.29) is 11.4 Å². The number of nitro groups is 1. The molecule has 0 radical (unpaired) electrons. The lowest BCUT2D eigenvalue weighted by atomic mass is 9.86. The monoisotopic (exact) mass is 571 g/mol. The molecule has 9 nitrogen and oxygen atoms in total. The summed E-state index contributed by atoms with van der Waals surface area (Å²) in [6, 6.07) is 18.9. The summed E-state index contributed by atoms with van der Waals surface area (Å²) >= 11 is 6.40. The number of pyridine rings is 1. The molecule has 5 rings (SSSR count). The van der Waals surface area contributed by atoms with E-state index in [1.165, 1.54) is 18.2 Å². The van der Waals surface area contributed by atoms with Gasteiger partial charge in [-0.2, -0.15) is 0 Å². The maximum Gasteiger partial charge on any atom is 0.339 e. The number of halogens is 1. The van der Waals surface area contributed by atoms with E-state index in [0.717, 1.165) is 29.5 Å². The van der Waals surface area contributed by atoms with E-state index < -0.39 is 23.4 Å². The van der Waals surface area contributed by atoms with Crippen molar-refractivity contribution in [2.24, 2.45) is 0 Å². The molecule has 41 heavy (non-hydrogen) atoms. The standard InChI is InChI=1S/C31H26ClN3O6/c1-2-40-21-14-15-26(27(17-21)35(38)39)33-28(36)18-41-31(37)29-22-10-4-6-13-25(22)34-30-20(9-7-11-23(29)30)16-19-8-3-5-12-24(19)32/h3-6,8,10,12-17H,2,7,9,11,18H2,1H3,(H,33,36)/b20-16-. The number of amides is 1. The van der Waals surface area contributed by atoms with Crippen LogP contribution in [0, 0.1) is 10.1 Å². The van der Waals surface area contributed by atoms with Crippen LogP contribution in [0.3, 0.4) is 0 Å². The highest BCUT2D eigenvalue weighted by Crippen LogP contribution is 2.37. The molecule has 1 aliphatic rings. The van der Waals surface area contributed by atoms with Crippen LogP contribution in [0.25, 0.3) is 22.6 Å². The molecule has 10 heteroatoms. The van der Waals surface area contributed by atoms with Gasteiger partial charge in [0.15, 0.2) is 6.61 Å². The maximum atomic E-state index is 13.5. The number of esters is 1. The van der Waals surface area contributed by atoms with Gasteiger partial charge in [-0.3, -0.25) is 14.9 Å². The minimum absolute atomic E-state index is 0.0272. The molecule has 0 saturated heterocycles. The molecule has 0 unspecified atom stereocenters. The number of allylic oxidation sites excluding steroid dienone is 1. The summed E-state index contributed by atoms with van der Waals surface area (Å²) in [5.74, 6) is -1.08. The summed E-state index contributed by atoms with van der Waals surface area (Å²) < 4.78 is 10.8. The number of rotatable bonds is 8. The minimum atomic E-state index is -0.711. The number of aromatic nitrogens is 1. The number of nitrogens with one attached hydrogen (secondary N) is 1. The zero-order chi connectivity index (χ0) is 28.9. The molecular formula is C31H26ClN3O6. The maximum absolute atomic E-state index is 13.5. The Hall–Kier alpha value is -4.76. The molecule has 0 saturated carbocycles. The van der Waals surface area contributed by atoms with Crippen molar-refractivity contribution in [3.63, 3.8) is 0 Å². The van der Waals surface area contributed by atoms with Crippen molar-refractivity contribution in [3.05, 3.63) is 104 Å². The van der Waals surface area contributed by atoms with Crippen LogP contribution in [0.15, 0.2) is 66.7 Å². The summed E-state index contributed by atoms with van der Waals surface area (Å²) in [4.78, 5) is 42.0. The van der Waals surface area contributed by atoms with Crippen LogP contribution < -0.4 is 10.1 Å². The smallest absolute Gasteiger partial charge is 0.339 e. The molecule has 0 spiro atoms. The summed E-state index contributed by atoms with van der Waals surface area (Å²) in [7, 11) is 0. The molecule has 1 aliphatic carbocycles. The molecule has 0 aliphatic heterocycles. The Morgan fingerprint density at radius 2 is 1.88 bits per heavy atom. The van der Waals surface area contributed by atoms with Crippen LogP contribution in [0.5, 0.6) is 5.75 Å². The zero-order valence-electron chi connectivity index (χ0n) is 22.2. The second-order valence-corrected chi connectivity index (χ2v) is 9.78. The Kier molecular flexibility index (Phi) is 8.26. The van der Waals surface area contributed by atoms with Crippen molar-refractivity contribution in [2.75, 3.05) is 18.5 Å². The van der Waals surface area contributed by atoms with Gasteiger partial charge in [-0.15, -0.1) is 0 Å². The third-order valence-electron chi connectivity index (χ3n) is 6.69. The Bertz CT molecular complexity index is 1700. The number of carbonyl (C=O) groups is 2. The van der Waals surface area contributed by atoms with Crippen LogP contribution in [0.2, 0.25) is 5.02 Å². The van der Waals surface area contributed by atoms with Crippen molar-refractivity contribution >= 4 is 57.4 Å². The van der Waals surface area contributed by atoms with Gasteiger partial charge in [-0.05, 0) is 73.2 Å². The molecule has 3 aromatic carbocycles. The number of benzene rings is 3. The highest BCUT2D eigenvalue weighted by atomic mass is 35.5. The topological polar surface area (TPSA) is 121 Å². The van der Waals surface area contributed by atoms with E-state index in [4.69, 9.17) is 26.1 Å². The Morgan fingerprint density at radius 3 is 2.66 bits per heavy atom. The third-order valence-corrected chi connectivity index (χ3v) is 7.04. The lowest BCUT2D eigenvalue weighted by Crippen LogP contribution is -2.23. The van der Waals surface area contributed by atoms with Gasteiger partial charge in [0.1, 0.15) is 11.4 Å². The van der Waals surface area contributed by atoms with E-state index in [1.807, 2.05) is 48.5 Å². The van der Waals surface area contributed by atoms with Crippen LogP contribution in [-0.4, -0.2) is 35.0 Å². The Morgan fingerprint density at radius 1 is 1.10 bits per heavy atom. The van der Waals surface area contributed by atoms with Gasteiger partial charge in [0.25, 0.3) is 11.6 Å². The van der Waals surface area contributed by atoms with E-state index in [1.54, 1.807) is 13.0 Å². The van der Waals surface area contributed by atoms with Crippen LogP contribution >= 0.6 is 11.6 Å². The molecule has 4 aromatic rings. The number of hydrogen-bond donors (Lipinski definition) is 1. The predicted molar refractivity (Wildman–Crippen MR) is 157 cm³/mol. The van der Waals surface area contributed by atoms with E-state index >= 15 is 0 Å². The number of nitrogens with zero attached hydrogens (tertiary/aromatic N) is 2. The average Bonchev–Trinajstić information content (AvgIpc) is 2.97. The van der Waals surface area contributed by atoms with Gasteiger partial charge in [0.2, 0.25) is 0 Å². The second-order valence-electron chi connectivity index (χ2n) is 9.37. The van der Waals surface area contributed by atoms with Crippen LogP contribution in [0.4, 0.5) is 11.4 Å². The lowest BCUT2D eigenvalue weighted by Gasteiger charge is -2.22. The first-order chi connectivity index (χ1) is 19.9. The quantitative estimate of drug-likeness (QED) is 0.139. The molecule has 1 amide bonds. The van der Waals surface area contributed by atoms with Gasteiger partial charge in [0, 0.05) is 10.4 Å². The van der Waals surface area contributed by atoms with E-state index in [9.17, 15) is 19.7 Å². The average molecular weight is 572 g/mol. The predicted octanol–water partition coefficient (Wildman–Crippen LogP) is 6.87. The first-order valence-corrected chi connectivity index (χ1v) is 13.5.